The molecule has 0 bridgehead atoms. The van der Waals surface area contributed by atoms with E-state index in [1.165, 1.54) is 0 Å². The van der Waals surface area contributed by atoms with Crippen molar-refractivity contribution in [2.75, 3.05) is 6.61 Å². The summed E-state index contributed by atoms with van der Waals surface area (Å²) in [6, 6.07) is 16.9. The van der Waals surface area contributed by atoms with Crippen LogP contribution in [-0.2, 0) is 9.47 Å². The first-order chi connectivity index (χ1) is 15.4. The van der Waals surface area contributed by atoms with Crippen LogP contribution in [0.3, 0.4) is 0 Å². The van der Waals surface area contributed by atoms with Gasteiger partial charge >= 0.3 is 0 Å². The predicted molar refractivity (Wildman–Crippen MR) is 119 cm³/mol. The first-order valence-corrected chi connectivity index (χ1v) is 10.8. The highest BCUT2D eigenvalue weighted by Crippen LogP contribution is 2.38. The van der Waals surface area contributed by atoms with Crippen molar-refractivity contribution in [1.82, 2.24) is 10.6 Å². The van der Waals surface area contributed by atoms with Crippen molar-refractivity contribution in [3.63, 3.8) is 0 Å². The number of amides is 2. The lowest BCUT2D eigenvalue weighted by molar-refractivity contribution is -0.148. The Bertz CT molecular complexity index is 990. The lowest BCUT2D eigenvalue weighted by Crippen LogP contribution is -2.58. The van der Waals surface area contributed by atoms with E-state index in [9.17, 15) is 14.7 Å². The van der Waals surface area contributed by atoms with Gasteiger partial charge in [0.1, 0.15) is 12.2 Å². The van der Waals surface area contributed by atoms with Gasteiger partial charge in [0, 0.05) is 17.7 Å². The molecule has 2 aromatic rings. The van der Waals surface area contributed by atoms with Crippen LogP contribution in [0.5, 0.6) is 0 Å². The molecule has 2 amide bonds. The number of rotatable bonds is 6. The number of ether oxygens (including phenoxy) is 2. The van der Waals surface area contributed by atoms with Gasteiger partial charge in [0.2, 0.25) is 0 Å². The van der Waals surface area contributed by atoms with Gasteiger partial charge in [-0.2, -0.15) is 0 Å². The van der Waals surface area contributed by atoms with Crippen molar-refractivity contribution in [2.24, 2.45) is 0 Å². The fraction of sp³-hybridized carbons (Fsp3) is 0.360. The van der Waals surface area contributed by atoms with E-state index in [-0.39, 0.29) is 18.4 Å². The number of benzene rings is 2. The number of fused-ring (bicyclic) bond motifs is 1. The summed E-state index contributed by atoms with van der Waals surface area (Å²) in [6.45, 7) is 3.52. The van der Waals surface area contributed by atoms with Crippen molar-refractivity contribution >= 4 is 11.8 Å². The summed E-state index contributed by atoms with van der Waals surface area (Å²) in [5, 5.41) is 15.7. The number of hydrogen-bond acceptors (Lipinski definition) is 5. The zero-order valence-electron chi connectivity index (χ0n) is 18.2. The minimum absolute atomic E-state index is 0.0927. The summed E-state index contributed by atoms with van der Waals surface area (Å²) in [5.74, 6) is -1.35. The molecule has 3 N–H and O–H groups in total. The zero-order valence-corrected chi connectivity index (χ0v) is 18.2. The molecule has 0 unspecified atom stereocenters. The first kappa shape index (κ1) is 22.2. The number of carbonyl (C=O) groups excluding carboxylic acids is 2. The van der Waals surface area contributed by atoms with Crippen LogP contribution in [0.15, 0.2) is 72.3 Å². The molecule has 32 heavy (non-hydrogen) atoms. The molecule has 0 aromatic heterocycles. The lowest BCUT2D eigenvalue weighted by atomic mass is 9.84. The van der Waals surface area contributed by atoms with Gasteiger partial charge in [-0.05, 0) is 50.1 Å². The summed E-state index contributed by atoms with van der Waals surface area (Å²) in [7, 11) is 0. The summed E-state index contributed by atoms with van der Waals surface area (Å²) >= 11 is 0. The van der Waals surface area contributed by atoms with Crippen LogP contribution in [0.25, 0.3) is 0 Å². The van der Waals surface area contributed by atoms with E-state index in [1.54, 1.807) is 48.5 Å². The van der Waals surface area contributed by atoms with Crippen LogP contribution in [0, 0.1) is 0 Å². The van der Waals surface area contributed by atoms with E-state index < -0.39 is 30.1 Å². The van der Waals surface area contributed by atoms with Crippen LogP contribution in [0.1, 0.15) is 41.0 Å². The molecule has 4 atom stereocenters. The Kier molecular flexibility index (Phi) is 6.41. The molecule has 0 spiro atoms. The maximum Gasteiger partial charge on any atom is 0.251 e. The maximum absolute atomic E-state index is 12.9. The second kappa shape index (κ2) is 9.24. The second-order valence-corrected chi connectivity index (χ2v) is 8.46. The van der Waals surface area contributed by atoms with Crippen LogP contribution in [0.4, 0.5) is 0 Å². The number of nitrogens with one attached hydrogen (secondary N) is 2. The molecule has 168 valence electrons. The van der Waals surface area contributed by atoms with E-state index in [1.807, 2.05) is 32.1 Å². The average Bonchev–Trinajstić information content (AvgIpc) is 3.13. The quantitative estimate of drug-likeness (QED) is 0.605. The second-order valence-electron chi connectivity index (χ2n) is 8.46. The Balaban J connectivity index is 1.63. The molecule has 1 aliphatic heterocycles. The molecule has 0 saturated carbocycles. The van der Waals surface area contributed by atoms with Crippen molar-refractivity contribution in [3.8, 4) is 0 Å². The van der Waals surface area contributed by atoms with Gasteiger partial charge in [-0.25, -0.2) is 0 Å². The number of aliphatic hydroxyl groups excluding tert-OH is 1. The summed E-state index contributed by atoms with van der Waals surface area (Å²) in [6.07, 6.45) is 1.19. The highest BCUT2D eigenvalue weighted by Gasteiger charge is 2.52. The monoisotopic (exact) mass is 436 g/mol. The third-order valence-electron chi connectivity index (χ3n) is 5.70. The highest BCUT2D eigenvalue weighted by molar-refractivity contribution is 5.95. The molecule has 0 radical (unpaired) electrons. The van der Waals surface area contributed by atoms with Crippen LogP contribution in [-0.4, -0.2) is 53.6 Å². The maximum atomic E-state index is 12.9. The molecule has 1 aliphatic carbocycles. The lowest BCUT2D eigenvalue weighted by Gasteiger charge is -2.37. The molecule has 2 aliphatic rings. The van der Waals surface area contributed by atoms with Crippen molar-refractivity contribution in [3.05, 3.63) is 83.4 Å². The summed E-state index contributed by atoms with van der Waals surface area (Å²) in [5.41, 5.74) is 1.86. The van der Waals surface area contributed by atoms with Gasteiger partial charge in [-0.3, -0.25) is 9.59 Å². The van der Waals surface area contributed by atoms with Gasteiger partial charge in [-0.15, -0.1) is 0 Å². The third kappa shape index (κ3) is 4.75. The standard InChI is InChI=1S/C25H28N2O5/c1-25(2)31-21-19(26-23(29)16-9-5-3-6-10-16)15-18(13-14-28)20(22(21)32-25)27-24(30)17-11-7-4-8-12-17/h3-12,15,19-22,28H,13-14H2,1-2H3,(H,26,29)(H,27,30)/t19-,20+,21+,22-/m0/s1. The van der Waals surface area contributed by atoms with Crippen molar-refractivity contribution in [2.45, 2.75) is 50.3 Å². The van der Waals surface area contributed by atoms with Gasteiger partial charge in [0.25, 0.3) is 11.8 Å². The van der Waals surface area contributed by atoms with E-state index in [0.29, 0.717) is 17.5 Å². The minimum atomic E-state index is -0.886. The molecule has 4 rings (SSSR count). The van der Waals surface area contributed by atoms with Crippen LogP contribution < -0.4 is 10.6 Å². The minimum Gasteiger partial charge on any atom is -0.396 e. The normalized spacial score (nSPS) is 26.0. The summed E-state index contributed by atoms with van der Waals surface area (Å²) < 4.78 is 12.3. The molecular weight excluding hydrogens is 408 g/mol. The first-order valence-electron chi connectivity index (χ1n) is 10.8. The van der Waals surface area contributed by atoms with Gasteiger partial charge in [-0.1, -0.05) is 42.5 Å². The smallest absolute Gasteiger partial charge is 0.251 e. The zero-order chi connectivity index (χ0) is 22.7. The molecule has 1 fully saturated rings. The third-order valence-corrected chi connectivity index (χ3v) is 5.70. The largest absolute Gasteiger partial charge is 0.396 e. The molecule has 1 saturated heterocycles. The van der Waals surface area contributed by atoms with Crippen LogP contribution >= 0.6 is 0 Å². The molecule has 1 heterocycles. The van der Waals surface area contributed by atoms with Gasteiger partial charge in [0.15, 0.2) is 5.79 Å². The Morgan fingerprint density at radius 3 is 1.97 bits per heavy atom. The highest BCUT2D eigenvalue weighted by atomic mass is 16.8. The number of aliphatic hydroxyl groups is 1. The van der Waals surface area contributed by atoms with E-state index in [2.05, 4.69) is 10.6 Å². The predicted octanol–water partition coefficient (Wildman–Crippen LogP) is 2.43. The molecule has 7 heteroatoms. The Morgan fingerprint density at radius 1 is 0.875 bits per heavy atom. The van der Waals surface area contributed by atoms with Gasteiger partial charge in [0.05, 0.1) is 12.1 Å². The van der Waals surface area contributed by atoms with Crippen molar-refractivity contribution < 1.29 is 24.2 Å². The van der Waals surface area contributed by atoms with Crippen LogP contribution in [0.2, 0.25) is 0 Å². The Morgan fingerprint density at radius 2 is 1.41 bits per heavy atom. The SMILES string of the molecule is CC1(C)O[C@@H]2[C@H](O1)[C@@H](NC(=O)c1ccccc1)C=C(CCO)[C@H]2NC(=O)c1ccccc1. The fourth-order valence-electron chi connectivity index (χ4n) is 4.30. The summed E-state index contributed by atoms with van der Waals surface area (Å²) in [4.78, 5) is 25.7. The fourth-order valence-corrected chi connectivity index (χ4v) is 4.30. The topological polar surface area (TPSA) is 96.9 Å². The Labute approximate surface area is 187 Å². The molecular formula is C25H28N2O5. The molecule has 7 nitrogen and oxygen atoms in total. The Hall–Kier alpha value is -3.00. The molecule has 2 aromatic carbocycles. The van der Waals surface area contributed by atoms with Crippen molar-refractivity contribution in [1.29, 1.82) is 0 Å². The van der Waals surface area contributed by atoms with E-state index in [0.717, 1.165) is 5.57 Å². The van der Waals surface area contributed by atoms with E-state index in [4.69, 9.17) is 9.47 Å². The van der Waals surface area contributed by atoms with Gasteiger partial charge < -0.3 is 25.2 Å². The van der Waals surface area contributed by atoms with E-state index >= 15 is 0 Å². The number of carbonyl (C=O) groups is 2. The number of hydrogen-bond donors (Lipinski definition) is 3. The average molecular weight is 437 g/mol.